The van der Waals surface area contributed by atoms with Gasteiger partial charge in [-0.3, -0.25) is 9.59 Å². The molecule has 3 aromatic rings. The fourth-order valence-electron chi connectivity index (χ4n) is 6.33. The van der Waals surface area contributed by atoms with Gasteiger partial charge in [0.1, 0.15) is 12.1 Å². The number of hydrogen-bond acceptors (Lipinski definition) is 7. The summed E-state index contributed by atoms with van der Waals surface area (Å²) >= 11 is 0. The Kier molecular flexibility index (Phi) is 11.2. The molecular weight excluding hydrogens is 639 g/mol. The van der Waals surface area contributed by atoms with Gasteiger partial charge in [0.2, 0.25) is 0 Å². The van der Waals surface area contributed by atoms with E-state index >= 15 is 0 Å². The number of carboxylic acid groups (broad SMARTS) is 2. The van der Waals surface area contributed by atoms with Crippen LogP contribution < -0.4 is 9.80 Å². The van der Waals surface area contributed by atoms with Gasteiger partial charge in [-0.25, -0.2) is 4.79 Å². The lowest BCUT2D eigenvalue weighted by molar-refractivity contribution is -0.192. The zero-order valence-corrected chi connectivity index (χ0v) is 27.1. The Morgan fingerprint density at radius 2 is 1.24 bits per heavy atom. The third kappa shape index (κ3) is 8.30. The van der Waals surface area contributed by atoms with Gasteiger partial charge in [-0.15, -0.1) is 0 Å². The van der Waals surface area contributed by atoms with Crippen molar-refractivity contribution in [1.29, 1.82) is 10.5 Å². The number of aliphatic carboxylic acids is 2. The Hall–Kier alpha value is -5.56. The zero-order valence-electron chi connectivity index (χ0n) is 27.1. The van der Waals surface area contributed by atoms with Crippen molar-refractivity contribution in [3.8, 4) is 12.1 Å². The molecule has 0 aromatic heterocycles. The first-order valence-corrected chi connectivity index (χ1v) is 15.6. The lowest BCUT2D eigenvalue weighted by Gasteiger charge is -2.40. The normalized spacial score (nSPS) is 15.7. The third-order valence-electron chi connectivity index (χ3n) is 9.16. The molecule has 49 heavy (non-hydrogen) atoms. The second kappa shape index (κ2) is 15.1. The van der Waals surface area contributed by atoms with Crippen LogP contribution in [0.3, 0.4) is 0 Å². The summed E-state index contributed by atoms with van der Waals surface area (Å²) in [6.45, 7) is 7.35. The van der Waals surface area contributed by atoms with Gasteiger partial charge in [-0.2, -0.15) is 23.7 Å². The van der Waals surface area contributed by atoms with Crippen LogP contribution in [-0.4, -0.2) is 78.4 Å². The smallest absolute Gasteiger partial charge is 0.481 e. The molecule has 1 amide bonds. The minimum atomic E-state index is -5.08. The van der Waals surface area contributed by atoms with Crippen molar-refractivity contribution in [1.82, 2.24) is 4.90 Å². The Bertz CT molecular complexity index is 1800. The fraction of sp³-hybridized carbons (Fsp3) is 0.361. The number of anilines is 2. The van der Waals surface area contributed by atoms with Crippen molar-refractivity contribution in [3.05, 3.63) is 94.0 Å². The Morgan fingerprint density at radius 1 is 0.776 bits per heavy atom. The maximum atomic E-state index is 13.7. The molecule has 2 aliphatic heterocycles. The lowest BCUT2D eigenvalue weighted by Crippen LogP contribution is -2.49. The number of piperazine rings is 1. The number of para-hydroxylation sites is 2. The van der Waals surface area contributed by atoms with Crippen LogP contribution in [0.4, 0.5) is 24.5 Å². The second-order valence-electron chi connectivity index (χ2n) is 12.2. The van der Waals surface area contributed by atoms with E-state index in [2.05, 4.69) is 21.9 Å². The summed E-state index contributed by atoms with van der Waals surface area (Å²) in [6, 6.07) is 23.3. The number of amides is 1. The van der Waals surface area contributed by atoms with Crippen LogP contribution in [0.1, 0.15) is 51.0 Å². The standard InChI is InChI=1S/C34H35N5O3.C2HF3O2/c1-24-19-25(2)29(32(40)39-17-15-38(16-18-39)31-10-6-4-8-27(31)23-36)20-28(24)21-34(33(41)42)11-13-37(14-12-34)30-9-5-3-7-26(30)22-35;3-2(4,5)1(6)7/h3-10,19-20H,11-18,21H2,1-2H3,(H,41,42);(H,6,7). The van der Waals surface area contributed by atoms with E-state index in [1.807, 2.05) is 73.3 Å². The Morgan fingerprint density at radius 3 is 1.69 bits per heavy atom. The summed E-state index contributed by atoms with van der Waals surface area (Å²) in [5.41, 5.74) is 5.37. The molecule has 5 rings (SSSR count). The minimum Gasteiger partial charge on any atom is -0.481 e. The average molecular weight is 676 g/mol. The minimum absolute atomic E-state index is 0.0470. The first-order chi connectivity index (χ1) is 23.2. The van der Waals surface area contributed by atoms with E-state index in [1.165, 1.54) is 0 Å². The summed E-state index contributed by atoms with van der Waals surface area (Å²) in [5.74, 6) is -3.63. The molecule has 2 saturated heterocycles. The number of benzene rings is 3. The number of carbonyl (C=O) groups excluding carboxylic acids is 1. The highest BCUT2D eigenvalue weighted by atomic mass is 19.4. The second-order valence-corrected chi connectivity index (χ2v) is 12.2. The molecule has 10 nitrogen and oxygen atoms in total. The molecule has 0 saturated carbocycles. The van der Waals surface area contributed by atoms with Crippen molar-refractivity contribution in [3.63, 3.8) is 0 Å². The quantitative estimate of drug-likeness (QED) is 0.343. The van der Waals surface area contributed by atoms with Crippen molar-refractivity contribution in [2.24, 2.45) is 5.41 Å². The number of hydrogen-bond donors (Lipinski definition) is 2. The Balaban J connectivity index is 0.000000698. The van der Waals surface area contributed by atoms with Crippen LogP contribution in [0.2, 0.25) is 0 Å². The highest BCUT2D eigenvalue weighted by molar-refractivity contribution is 5.96. The maximum absolute atomic E-state index is 13.7. The lowest BCUT2D eigenvalue weighted by atomic mass is 9.72. The molecular formula is C36H36F3N5O5. The monoisotopic (exact) mass is 675 g/mol. The third-order valence-corrected chi connectivity index (χ3v) is 9.16. The van der Waals surface area contributed by atoms with E-state index in [1.54, 1.807) is 6.07 Å². The number of carboxylic acids is 2. The molecule has 2 aliphatic rings. The van der Waals surface area contributed by atoms with Gasteiger partial charge >= 0.3 is 18.1 Å². The van der Waals surface area contributed by atoms with Crippen LogP contribution in [0.5, 0.6) is 0 Å². The number of nitriles is 2. The van der Waals surface area contributed by atoms with Crippen LogP contribution in [-0.2, 0) is 16.0 Å². The summed E-state index contributed by atoms with van der Waals surface area (Å²) < 4.78 is 31.7. The van der Waals surface area contributed by atoms with E-state index in [-0.39, 0.29) is 5.91 Å². The van der Waals surface area contributed by atoms with Gasteiger partial charge in [0.05, 0.1) is 27.9 Å². The molecule has 2 fully saturated rings. The number of aryl methyl sites for hydroxylation is 2. The van der Waals surface area contributed by atoms with E-state index in [0.717, 1.165) is 28.1 Å². The number of halogens is 3. The molecule has 0 bridgehead atoms. The van der Waals surface area contributed by atoms with Gasteiger partial charge in [-0.05, 0) is 80.1 Å². The van der Waals surface area contributed by atoms with Gasteiger partial charge in [0, 0.05) is 44.8 Å². The molecule has 0 radical (unpaired) electrons. The van der Waals surface area contributed by atoms with Crippen molar-refractivity contribution in [2.45, 2.75) is 39.3 Å². The number of piperidine rings is 1. The summed E-state index contributed by atoms with van der Waals surface area (Å²) in [4.78, 5) is 41.4. The van der Waals surface area contributed by atoms with E-state index in [0.29, 0.717) is 75.2 Å². The fourth-order valence-corrected chi connectivity index (χ4v) is 6.33. The number of carbonyl (C=O) groups is 3. The van der Waals surface area contributed by atoms with E-state index in [9.17, 15) is 38.4 Å². The zero-order chi connectivity index (χ0) is 35.9. The SMILES string of the molecule is Cc1cc(C)c(C(=O)N2CCN(c3ccccc3C#N)CC2)cc1CC1(C(=O)O)CCN(c2ccccc2C#N)CC1.O=C(O)C(F)(F)F. The highest BCUT2D eigenvalue weighted by Gasteiger charge is 2.42. The molecule has 0 spiro atoms. The molecule has 3 aromatic carbocycles. The van der Waals surface area contributed by atoms with Crippen LogP contribution in [0.15, 0.2) is 60.7 Å². The molecule has 0 atom stereocenters. The van der Waals surface area contributed by atoms with Crippen LogP contribution in [0.25, 0.3) is 0 Å². The predicted molar refractivity (Wildman–Crippen MR) is 175 cm³/mol. The number of alkyl halides is 3. The molecule has 2 heterocycles. The predicted octanol–water partition coefficient (Wildman–Crippen LogP) is 5.56. The van der Waals surface area contributed by atoms with Gasteiger partial charge in [-0.1, -0.05) is 30.3 Å². The first kappa shape index (κ1) is 36.3. The van der Waals surface area contributed by atoms with E-state index < -0.39 is 23.5 Å². The maximum Gasteiger partial charge on any atom is 0.490 e. The molecule has 256 valence electrons. The summed E-state index contributed by atoms with van der Waals surface area (Å²) in [5, 5.41) is 36.6. The topological polar surface area (TPSA) is 149 Å². The largest absolute Gasteiger partial charge is 0.490 e. The van der Waals surface area contributed by atoms with Crippen LogP contribution >= 0.6 is 0 Å². The summed E-state index contributed by atoms with van der Waals surface area (Å²) in [6.07, 6.45) is -3.84. The van der Waals surface area contributed by atoms with Gasteiger partial charge in [0.25, 0.3) is 5.91 Å². The first-order valence-electron chi connectivity index (χ1n) is 15.6. The van der Waals surface area contributed by atoms with Gasteiger partial charge < -0.3 is 24.9 Å². The molecule has 13 heteroatoms. The number of nitrogens with zero attached hydrogens (tertiary/aromatic N) is 5. The number of rotatable bonds is 6. The Labute approximate surface area is 282 Å². The molecule has 0 unspecified atom stereocenters. The van der Waals surface area contributed by atoms with Crippen LogP contribution in [0, 0.1) is 41.9 Å². The highest BCUT2D eigenvalue weighted by Crippen LogP contribution is 2.39. The molecule has 2 N–H and O–H groups in total. The van der Waals surface area contributed by atoms with E-state index in [4.69, 9.17) is 9.90 Å². The summed E-state index contributed by atoms with van der Waals surface area (Å²) in [7, 11) is 0. The molecule has 0 aliphatic carbocycles. The van der Waals surface area contributed by atoms with Gasteiger partial charge in [0.15, 0.2) is 0 Å². The average Bonchev–Trinajstić information content (AvgIpc) is 3.09. The van der Waals surface area contributed by atoms with Crippen molar-refractivity contribution < 1.29 is 37.8 Å². The van der Waals surface area contributed by atoms with Crippen molar-refractivity contribution >= 4 is 29.2 Å². The van der Waals surface area contributed by atoms with Crippen molar-refractivity contribution in [2.75, 3.05) is 49.1 Å².